The second-order valence-electron chi connectivity index (χ2n) is 3.55. The summed E-state index contributed by atoms with van der Waals surface area (Å²) < 4.78 is 6.16. The van der Waals surface area contributed by atoms with Gasteiger partial charge in [-0.15, -0.1) is 0 Å². The lowest BCUT2D eigenvalue weighted by Gasteiger charge is -2.08. The van der Waals surface area contributed by atoms with Gasteiger partial charge in [0.15, 0.2) is 5.82 Å². The third-order valence-corrected chi connectivity index (χ3v) is 2.30. The van der Waals surface area contributed by atoms with Crippen LogP contribution in [0, 0.1) is 6.92 Å². The summed E-state index contributed by atoms with van der Waals surface area (Å²) in [6.45, 7) is 1.91. The van der Waals surface area contributed by atoms with Gasteiger partial charge in [-0.05, 0) is 18.6 Å². The Bertz CT molecular complexity index is 562. The Labute approximate surface area is 98.0 Å². The molecule has 88 valence electrons. The highest BCUT2D eigenvalue weighted by Gasteiger charge is 2.15. The van der Waals surface area contributed by atoms with E-state index in [-0.39, 0.29) is 11.3 Å². The van der Waals surface area contributed by atoms with E-state index in [0.29, 0.717) is 5.82 Å². The number of esters is 1. The smallest absolute Gasteiger partial charge is 0.340 e. The van der Waals surface area contributed by atoms with Crippen molar-refractivity contribution in [1.29, 1.82) is 0 Å². The zero-order valence-electron chi connectivity index (χ0n) is 9.54. The molecule has 0 aliphatic heterocycles. The molecule has 0 amide bonds. The van der Waals surface area contributed by atoms with Crippen molar-refractivity contribution < 1.29 is 9.53 Å². The first-order valence-electron chi connectivity index (χ1n) is 4.98. The summed E-state index contributed by atoms with van der Waals surface area (Å²) in [5.74, 6) is -0.0731. The van der Waals surface area contributed by atoms with Crippen LogP contribution in [0.15, 0.2) is 24.7 Å². The van der Waals surface area contributed by atoms with Crippen molar-refractivity contribution in [2.24, 2.45) is 0 Å². The van der Waals surface area contributed by atoms with Crippen molar-refractivity contribution in [2.45, 2.75) is 6.92 Å². The molecule has 0 spiro atoms. The number of hydrogen-bond acceptors (Lipinski definition) is 5. The summed E-state index contributed by atoms with van der Waals surface area (Å²) in [5, 5.41) is 4.10. The van der Waals surface area contributed by atoms with Crippen molar-refractivity contribution in [3.63, 3.8) is 0 Å². The van der Waals surface area contributed by atoms with Gasteiger partial charge in [0.2, 0.25) is 0 Å². The maximum Gasteiger partial charge on any atom is 0.340 e. The number of methoxy groups -OCH3 is 1. The Kier molecular flexibility index (Phi) is 2.78. The highest BCUT2D eigenvalue weighted by atomic mass is 16.5. The largest absolute Gasteiger partial charge is 0.465 e. The Morgan fingerprint density at radius 3 is 2.88 bits per heavy atom. The van der Waals surface area contributed by atoms with Crippen molar-refractivity contribution in [3.8, 4) is 5.82 Å². The van der Waals surface area contributed by atoms with Gasteiger partial charge >= 0.3 is 5.97 Å². The van der Waals surface area contributed by atoms with Crippen LogP contribution >= 0.6 is 0 Å². The van der Waals surface area contributed by atoms with Crippen molar-refractivity contribution in [2.75, 3.05) is 12.8 Å². The SMILES string of the molecule is COC(=O)c1ccnc(-n2cc(C)cn2)c1N. The summed E-state index contributed by atoms with van der Waals surface area (Å²) in [6, 6.07) is 1.51. The molecule has 0 fully saturated rings. The number of aryl methyl sites for hydroxylation is 1. The second-order valence-corrected chi connectivity index (χ2v) is 3.55. The van der Waals surface area contributed by atoms with E-state index >= 15 is 0 Å². The summed E-state index contributed by atoms with van der Waals surface area (Å²) in [5.41, 5.74) is 7.39. The van der Waals surface area contributed by atoms with Crippen LogP contribution in [0.4, 0.5) is 5.69 Å². The first kappa shape index (κ1) is 11.1. The van der Waals surface area contributed by atoms with E-state index in [4.69, 9.17) is 5.73 Å². The van der Waals surface area contributed by atoms with E-state index in [9.17, 15) is 4.79 Å². The monoisotopic (exact) mass is 232 g/mol. The summed E-state index contributed by atoms with van der Waals surface area (Å²) in [6.07, 6.45) is 4.96. The van der Waals surface area contributed by atoms with Crippen LogP contribution in [0.2, 0.25) is 0 Å². The molecular weight excluding hydrogens is 220 g/mol. The van der Waals surface area contributed by atoms with Crippen LogP contribution in [0.3, 0.4) is 0 Å². The van der Waals surface area contributed by atoms with Crippen LogP contribution in [-0.2, 0) is 4.74 Å². The summed E-state index contributed by atoms with van der Waals surface area (Å²) >= 11 is 0. The Morgan fingerprint density at radius 1 is 1.53 bits per heavy atom. The maximum absolute atomic E-state index is 11.5. The van der Waals surface area contributed by atoms with Gasteiger partial charge < -0.3 is 10.5 Å². The molecule has 2 rings (SSSR count). The number of carbonyl (C=O) groups excluding carboxylic acids is 1. The number of ether oxygens (including phenoxy) is 1. The van der Waals surface area contributed by atoms with E-state index in [1.807, 2.05) is 6.92 Å². The van der Waals surface area contributed by atoms with Crippen LogP contribution in [0.5, 0.6) is 0 Å². The molecule has 0 saturated carbocycles. The number of hydrogen-bond donors (Lipinski definition) is 1. The van der Waals surface area contributed by atoms with Gasteiger partial charge in [0, 0.05) is 12.4 Å². The number of anilines is 1. The number of rotatable bonds is 2. The summed E-state index contributed by atoms with van der Waals surface area (Å²) in [7, 11) is 1.31. The molecule has 2 aromatic heterocycles. The minimum atomic E-state index is -0.491. The lowest BCUT2D eigenvalue weighted by Crippen LogP contribution is -2.10. The minimum Gasteiger partial charge on any atom is -0.465 e. The molecule has 0 aliphatic carbocycles. The molecule has 0 saturated heterocycles. The third-order valence-electron chi connectivity index (χ3n) is 2.30. The zero-order valence-corrected chi connectivity index (χ0v) is 9.54. The number of carbonyl (C=O) groups is 1. The highest BCUT2D eigenvalue weighted by Crippen LogP contribution is 2.19. The molecule has 17 heavy (non-hydrogen) atoms. The Morgan fingerprint density at radius 2 is 2.29 bits per heavy atom. The normalized spacial score (nSPS) is 10.2. The molecule has 0 aliphatic rings. The second kappa shape index (κ2) is 4.25. The first-order chi connectivity index (χ1) is 8.13. The molecule has 2 heterocycles. The fourth-order valence-electron chi connectivity index (χ4n) is 1.46. The molecule has 0 atom stereocenters. The van der Waals surface area contributed by atoms with Crippen molar-refractivity contribution in [1.82, 2.24) is 14.8 Å². The van der Waals surface area contributed by atoms with E-state index in [1.54, 1.807) is 12.4 Å². The predicted octanol–water partition coefficient (Wildman–Crippen LogP) is 0.945. The Hall–Kier alpha value is -2.37. The zero-order chi connectivity index (χ0) is 12.4. The van der Waals surface area contributed by atoms with E-state index in [1.165, 1.54) is 24.1 Å². The van der Waals surface area contributed by atoms with Crippen LogP contribution in [0.1, 0.15) is 15.9 Å². The minimum absolute atomic E-state index is 0.252. The number of pyridine rings is 1. The van der Waals surface area contributed by atoms with Crippen LogP contribution in [0.25, 0.3) is 5.82 Å². The quantitative estimate of drug-likeness (QED) is 0.779. The van der Waals surface area contributed by atoms with E-state index in [2.05, 4.69) is 14.8 Å². The molecule has 0 radical (unpaired) electrons. The van der Waals surface area contributed by atoms with Crippen LogP contribution < -0.4 is 5.73 Å². The molecule has 0 aromatic carbocycles. The van der Waals surface area contributed by atoms with Crippen molar-refractivity contribution >= 4 is 11.7 Å². The maximum atomic E-state index is 11.5. The topological polar surface area (TPSA) is 83.0 Å². The first-order valence-corrected chi connectivity index (χ1v) is 4.98. The van der Waals surface area contributed by atoms with Gasteiger partial charge in [-0.2, -0.15) is 5.10 Å². The lowest BCUT2D eigenvalue weighted by atomic mass is 10.2. The number of nitrogen functional groups attached to an aromatic ring is 1. The standard InChI is InChI=1S/C11H12N4O2/c1-7-5-14-15(6-7)10-9(12)8(3-4-13-10)11(16)17-2/h3-6H,12H2,1-2H3. The van der Waals surface area contributed by atoms with Gasteiger partial charge in [-0.3, -0.25) is 0 Å². The lowest BCUT2D eigenvalue weighted by molar-refractivity contribution is 0.0602. The van der Waals surface area contributed by atoms with Crippen molar-refractivity contribution in [3.05, 3.63) is 35.8 Å². The molecule has 2 N–H and O–H groups in total. The van der Waals surface area contributed by atoms with E-state index in [0.717, 1.165) is 5.56 Å². The Balaban J connectivity index is 2.53. The fraction of sp³-hybridized carbons (Fsp3) is 0.182. The van der Waals surface area contributed by atoms with Gasteiger partial charge in [-0.25, -0.2) is 14.5 Å². The average molecular weight is 232 g/mol. The molecule has 0 unspecified atom stereocenters. The summed E-state index contributed by atoms with van der Waals surface area (Å²) in [4.78, 5) is 15.6. The van der Waals surface area contributed by atoms with E-state index < -0.39 is 5.97 Å². The average Bonchev–Trinajstić information content (AvgIpc) is 2.75. The number of nitrogens with two attached hydrogens (primary N) is 1. The van der Waals surface area contributed by atoms with Gasteiger partial charge in [0.05, 0.1) is 24.6 Å². The molecule has 6 heteroatoms. The molecule has 6 nitrogen and oxygen atoms in total. The molecule has 2 aromatic rings. The van der Waals surface area contributed by atoms with Gasteiger partial charge in [-0.1, -0.05) is 0 Å². The third kappa shape index (κ3) is 1.96. The van der Waals surface area contributed by atoms with Crippen LogP contribution in [-0.4, -0.2) is 27.8 Å². The van der Waals surface area contributed by atoms with Gasteiger partial charge in [0.1, 0.15) is 0 Å². The fourth-order valence-corrected chi connectivity index (χ4v) is 1.46. The van der Waals surface area contributed by atoms with Gasteiger partial charge in [0.25, 0.3) is 0 Å². The predicted molar refractivity (Wildman–Crippen MR) is 61.8 cm³/mol. The highest BCUT2D eigenvalue weighted by molar-refractivity contribution is 5.96. The molecule has 0 bridgehead atoms. The number of nitrogens with zero attached hydrogens (tertiary/aromatic N) is 3. The molecular formula is C11H12N4O2. The number of aromatic nitrogens is 3.